The Morgan fingerprint density at radius 2 is 1.80 bits per heavy atom. The minimum Gasteiger partial charge on any atom is -0.481 e. The number of hydrogen-bond acceptors (Lipinski definition) is 3. The highest BCUT2D eigenvalue weighted by atomic mass is 19.4. The van der Waals surface area contributed by atoms with E-state index in [1.165, 1.54) is 12.1 Å². The fourth-order valence-electron chi connectivity index (χ4n) is 2.49. The van der Waals surface area contributed by atoms with Crippen molar-refractivity contribution in [3.63, 3.8) is 0 Å². The van der Waals surface area contributed by atoms with Gasteiger partial charge in [-0.2, -0.15) is 13.2 Å². The Labute approximate surface area is 144 Å². The summed E-state index contributed by atoms with van der Waals surface area (Å²) in [7, 11) is 1.67. The summed E-state index contributed by atoms with van der Waals surface area (Å²) >= 11 is 0. The van der Waals surface area contributed by atoms with Gasteiger partial charge in [0.05, 0.1) is 18.5 Å². The normalized spacial score (nSPS) is 14.6. The molecule has 1 amide bonds. The predicted octanol–water partition coefficient (Wildman–Crippen LogP) is 2.60. The molecule has 0 aliphatic heterocycles. The highest BCUT2D eigenvalue weighted by molar-refractivity contribution is 5.79. The van der Waals surface area contributed by atoms with Gasteiger partial charge in [0.25, 0.3) is 0 Å². The maximum Gasteiger partial charge on any atom is 0.416 e. The number of carbonyl (C=O) groups excluding carboxylic acids is 1. The Bertz CT molecular complexity index is 613. The molecule has 1 aromatic rings. The first-order valence-electron chi connectivity index (χ1n) is 8.03. The molecule has 1 aromatic carbocycles. The van der Waals surface area contributed by atoms with E-state index in [9.17, 15) is 22.8 Å². The summed E-state index contributed by atoms with van der Waals surface area (Å²) in [6.45, 7) is 0.610. The van der Waals surface area contributed by atoms with Crippen molar-refractivity contribution >= 4 is 11.9 Å². The smallest absolute Gasteiger partial charge is 0.416 e. The number of aliphatic carboxylic acids is 1. The van der Waals surface area contributed by atoms with Crippen molar-refractivity contribution in [3.8, 4) is 0 Å². The topological polar surface area (TPSA) is 60.9 Å². The summed E-state index contributed by atoms with van der Waals surface area (Å²) in [5, 5.41) is 8.68. The van der Waals surface area contributed by atoms with E-state index in [-0.39, 0.29) is 38.0 Å². The van der Waals surface area contributed by atoms with Crippen molar-refractivity contribution < 1.29 is 27.9 Å². The zero-order chi connectivity index (χ0) is 18.6. The van der Waals surface area contributed by atoms with Gasteiger partial charge in [-0.15, -0.1) is 0 Å². The molecule has 138 valence electrons. The van der Waals surface area contributed by atoms with Gasteiger partial charge >= 0.3 is 12.1 Å². The third-order valence-electron chi connectivity index (χ3n) is 4.05. The molecule has 1 saturated carbocycles. The summed E-state index contributed by atoms with van der Waals surface area (Å²) in [5.74, 6) is -1.07. The predicted molar refractivity (Wildman–Crippen MR) is 84.8 cm³/mol. The first-order chi connectivity index (χ1) is 11.7. The lowest BCUT2D eigenvalue weighted by molar-refractivity contribution is -0.138. The molecule has 1 fully saturated rings. The monoisotopic (exact) mass is 358 g/mol. The van der Waals surface area contributed by atoms with Gasteiger partial charge < -0.3 is 10.0 Å². The minimum atomic E-state index is -4.38. The van der Waals surface area contributed by atoms with Crippen LogP contribution in [0.3, 0.4) is 0 Å². The Morgan fingerprint density at radius 1 is 1.20 bits per heavy atom. The molecule has 0 heterocycles. The molecule has 0 aromatic heterocycles. The van der Waals surface area contributed by atoms with Crippen LogP contribution < -0.4 is 0 Å². The van der Waals surface area contributed by atoms with Gasteiger partial charge in [-0.05, 0) is 37.6 Å². The molecule has 0 saturated heterocycles. The van der Waals surface area contributed by atoms with E-state index in [1.807, 2.05) is 0 Å². The van der Waals surface area contributed by atoms with Crippen molar-refractivity contribution in [2.75, 3.05) is 20.1 Å². The Kier molecular flexibility index (Phi) is 6.05. The first-order valence-corrected chi connectivity index (χ1v) is 8.03. The zero-order valence-corrected chi connectivity index (χ0v) is 13.9. The lowest BCUT2D eigenvalue weighted by Crippen LogP contribution is -2.40. The van der Waals surface area contributed by atoms with Crippen LogP contribution in [-0.2, 0) is 22.3 Å². The quantitative estimate of drug-likeness (QED) is 0.776. The van der Waals surface area contributed by atoms with Gasteiger partial charge in [-0.3, -0.25) is 14.5 Å². The lowest BCUT2D eigenvalue weighted by Gasteiger charge is -2.25. The molecule has 0 bridgehead atoms. The van der Waals surface area contributed by atoms with Gasteiger partial charge in [0.15, 0.2) is 0 Å². The van der Waals surface area contributed by atoms with Crippen molar-refractivity contribution in [3.05, 3.63) is 35.4 Å². The highest BCUT2D eigenvalue weighted by Crippen LogP contribution is 2.31. The number of amides is 1. The van der Waals surface area contributed by atoms with Crippen molar-refractivity contribution in [2.24, 2.45) is 0 Å². The van der Waals surface area contributed by atoms with Crippen LogP contribution in [0.5, 0.6) is 0 Å². The number of alkyl halides is 3. The number of rotatable bonds is 8. The maximum absolute atomic E-state index is 12.6. The molecule has 0 atom stereocenters. The number of nitrogens with zero attached hydrogens (tertiary/aromatic N) is 2. The van der Waals surface area contributed by atoms with Crippen molar-refractivity contribution in [1.82, 2.24) is 9.80 Å². The number of likely N-dealkylation sites (N-methyl/N-ethyl adjacent to an activating group) is 1. The summed E-state index contributed by atoms with van der Waals surface area (Å²) < 4.78 is 37.8. The average Bonchev–Trinajstić information content (AvgIpc) is 3.34. The van der Waals surface area contributed by atoms with E-state index < -0.39 is 17.7 Å². The maximum atomic E-state index is 12.6. The number of halogens is 3. The number of carbonyl (C=O) groups is 2. The molecule has 0 radical (unpaired) electrons. The molecular weight excluding hydrogens is 337 g/mol. The van der Waals surface area contributed by atoms with E-state index in [4.69, 9.17) is 5.11 Å². The van der Waals surface area contributed by atoms with Gasteiger partial charge in [-0.25, -0.2) is 0 Å². The van der Waals surface area contributed by atoms with Gasteiger partial charge in [0, 0.05) is 19.1 Å². The fraction of sp³-hybridized carbons (Fsp3) is 0.529. The SMILES string of the molecule is CN(CCC(=O)O)CC(=O)N(Cc1ccc(C(F)(F)F)cc1)C1CC1. The largest absolute Gasteiger partial charge is 0.481 e. The highest BCUT2D eigenvalue weighted by Gasteiger charge is 2.33. The third-order valence-corrected chi connectivity index (χ3v) is 4.05. The Balaban J connectivity index is 1.96. The summed E-state index contributed by atoms with van der Waals surface area (Å²) in [6, 6.07) is 4.93. The lowest BCUT2D eigenvalue weighted by atomic mass is 10.1. The molecule has 0 spiro atoms. The van der Waals surface area contributed by atoms with Crippen LogP contribution in [0.1, 0.15) is 30.4 Å². The second kappa shape index (κ2) is 7.86. The van der Waals surface area contributed by atoms with Crippen LogP contribution in [0.25, 0.3) is 0 Å². The number of carboxylic acid groups (broad SMARTS) is 1. The zero-order valence-electron chi connectivity index (χ0n) is 13.9. The second-order valence-electron chi connectivity index (χ2n) is 6.33. The van der Waals surface area contributed by atoms with Gasteiger partial charge in [-0.1, -0.05) is 12.1 Å². The number of carboxylic acids is 1. The number of hydrogen-bond donors (Lipinski definition) is 1. The first kappa shape index (κ1) is 19.2. The molecule has 2 rings (SSSR count). The Morgan fingerprint density at radius 3 is 2.28 bits per heavy atom. The molecule has 1 aliphatic carbocycles. The number of benzene rings is 1. The average molecular weight is 358 g/mol. The van der Waals surface area contributed by atoms with E-state index in [1.54, 1.807) is 16.8 Å². The van der Waals surface area contributed by atoms with Crippen LogP contribution >= 0.6 is 0 Å². The van der Waals surface area contributed by atoms with Gasteiger partial charge in [0.2, 0.25) is 5.91 Å². The van der Waals surface area contributed by atoms with Crippen molar-refractivity contribution in [1.29, 1.82) is 0 Å². The standard InChI is InChI=1S/C17H21F3N2O3/c1-21(9-8-16(24)25)11-15(23)22(14-6-7-14)10-12-2-4-13(5-3-12)17(18,19)20/h2-5,14H,6-11H2,1H3,(H,24,25). The third kappa shape index (κ3) is 6.04. The van der Waals surface area contributed by atoms with Gasteiger partial charge in [0.1, 0.15) is 0 Å². The minimum absolute atomic E-state index is 0.0495. The van der Waals surface area contributed by atoms with Crippen LogP contribution in [0.2, 0.25) is 0 Å². The molecule has 1 N–H and O–H groups in total. The molecule has 5 nitrogen and oxygen atoms in total. The van der Waals surface area contributed by atoms with E-state index in [0.717, 1.165) is 25.0 Å². The van der Waals surface area contributed by atoms with Crippen LogP contribution in [0, 0.1) is 0 Å². The summed E-state index contributed by atoms with van der Waals surface area (Å²) in [4.78, 5) is 26.3. The Hall–Kier alpha value is -2.09. The molecular formula is C17H21F3N2O3. The van der Waals surface area contributed by atoms with E-state index >= 15 is 0 Å². The fourth-order valence-corrected chi connectivity index (χ4v) is 2.49. The van der Waals surface area contributed by atoms with Crippen molar-refractivity contribution in [2.45, 2.75) is 38.0 Å². The van der Waals surface area contributed by atoms with Crippen LogP contribution in [0.15, 0.2) is 24.3 Å². The van der Waals surface area contributed by atoms with Crippen LogP contribution in [-0.4, -0.2) is 53.0 Å². The van der Waals surface area contributed by atoms with Crippen LogP contribution in [0.4, 0.5) is 13.2 Å². The molecule has 8 heteroatoms. The second-order valence-corrected chi connectivity index (χ2v) is 6.33. The van der Waals surface area contributed by atoms with E-state index in [0.29, 0.717) is 5.56 Å². The van der Waals surface area contributed by atoms with E-state index in [2.05, 4.69) is 0 Å². The summed E-state index contributed by atoms with van der Waals surface area (Å²) in [5.41, 5.74) is -0.0737. The summed E-state index contributed by atoms with van der Waals surface area (Å²) in [6.07, 6.45) is -2.67. The molecule has 0 unspecified atom stereocenters. The molecule has 25 heavy (non-hydrogen) atoms. The molecule has 1 aliphatic rings.